The minimum Gasteiger partial charge on any atom is -0.464 e. The number of nitrogens with zero attached hydrogens (tertiary/aromatic N) is 6. The minimum absolute atomic E-state index is 0.00894. The van der Waals surface area contributed by atoms with Crippen LogP contribution in [-0.4, -0.2) is 44.2 Å². The number of hydrogen-bond donors (Lipinski definition) is 0. The summed E-state index contributed by atoms with van der Waals surface area (Å²) in [7, 11) is 0. The van der Waals surface area contributed by atoms with Gasteiger partial charge in [-0.3, -0.25) is 14.3 Å². The second-order valence-electron chi connectivity index (χ2n) is 9.37. The summed E-state index contributed by atoms with van der Waals surface area (Å²) >= 11 is 0. The first-order valence-corrected chi connectivity index (χ1v) is 12.6. The summed E-state index contributed by atoms with van der Waals surface area (Å²) < 4.78 is 62.1. The number of rotatable bonds is 6. The molecule has 0 bridgehead atoms. The van der Waals surface area contributed by atoms with Crippen molar-refractivity contribution in [2.75, 3.05) is 24.6 Å². The SMILES string of the molecule is CCOc1ncc2cc(C3CCN(c4c(C)cccc4F)CC3)c(=O)n(Cc3nccnc3C(F)(F)F)c2n1. The number of para-hydroxylation sites is 1. The molecule has 0 aliphatic carbocycles. The topological polar surface area (TPSA) is 86.0 Å². The van der Waals surface area contributed by atoms with Gasteiger partial charge in [0.15, 0.2) is 5.69 Å². The van der Waals surface area contributed by atoms with Crippen molar-refractivity contribution in [3.05, 3.63) is 81.5 Å². The van der Waals surface area contributed by atoms with Gasteiger partial charge in [0, 0.05) is 42.6 Å². The van der Waals surface area contributed by atoms with E-state index in [4.69, 9.17) is 4.74 Å². The highest BCUT2D eigenvalue weighted by atomic mass is 19.4. The number of alkyl halides is 3. The zero-order valence-corrected chi connectivity index (χ0v) is 21.4. The van der Waals surface area contributed by atoms with Crippen molar-refractivity contribution in [1.29, 1.82) is 0 Å². The van der Waals surface area contributed by atoms with E-state index >= 15 is 0 Å². The molecule has 0 unspecified atom stereocenters. The van der Waals surface area contributed by atoms with Crippen LogP contribution in [0.15, 0.2) is 47.7 Å². The molecule has 1 aliphatic rings. The first-order chi connectivity index (χ1) is 18.7. The highest BCUT2D eigenvalue weighted by Crippen LogP contribution is 2.34. The molecule has 1 saturated heterocycles. The minimum atomic E-state index is -4.75. The van der Waals surface area contributed by atoms with E-state index in [1.54, 1.807) is 19.1 Å². The van der Waals surface area contributed by atoms with E-state index in [1.807, 2.05) is 17.9 Å². The van der Waals surface area contributed by atoms with Gasteiger partial charge in [-0.2, -0.15) is 18.2 Å². The maximum atomic E-state index is 14.5. The summed E-state index contributed by atoms with van der Waals surface area (Å²) in [5.41, 5.74) is -0.0738. The third kappa shape index (κ3) is 5.27. The van der Waals surface area contributed by atoms with Crippen LogP contribution in [0.25, 0.3) is 11.0 Å². The van der Waals surface area contributed by atoms with Crippen LogP contribution in [-0.2, 0) is 12.7 Å². The standard InChI is InChI=1S/C27H26F4N6O2/c1-3-39-26-34-14-18-13-19(17-7-11-36(12-8-17)22-16(2)5-4-6-20(22)28)25(38)37(24(18)35-26)15-21-23(27(29,30)31)33-10-9-32-21/h4-6,9-10,13-14,17H,3,7-8,11-12,15H2,1-2H3. The molecule has 0 radical (unpaired) electrons. The van der Waals surface area contributed by atoms with E-state index in [1.165, 1.54) is 16.8 Å². The zero-order valence-electron chi connectivity index (χ0n) is 21.4. The lowest BCUT2D eigenvalue weighted by molar-refractivity contribution is -0.142. The van der Waals surface area contributed by atoms with Gasteiger partial charge in [0.2, 0.25) is 0 Å². The van der Waals surface area contributed by atoms with Gasteiger partial charge in [0.25, 0.3) is 5.56 Å². The second-order valence-corrected chi connectivity index (χ2v) is 9.37. The van der Waals surface area contributed by atoms with Crippen LogP contribution in [0.3, 0.4) is 0 Å². The number of aryl methyl sites for hydroxylation is 1. The van der Waals surface area contributed by atoms with Crippen molar-refractivity contribution in [3.8, 4) is 6.01 Å². The number of hydrogen-bond acceptors (Lipinski definition) is 7. The number of anilines is 1. The van der Waals surface area contributed by atoms with E-state index in [2.05, 4.69) is 19.9 Å². The molecular formula is C27H26F4N6O2. The van der Waals surface area contributed by atoms with Gasteiger partial charge in [-0.15, -0.1) is 0 Å². The molecular weight excluding hydrogens is 516 g/mol. The van der Waals surface area contributed by atoms with Crippen LogP contribution in [0.1, 0.15) is 48.2 Å². The largest absolute Gasteiger partial charge is 0.464 e. The Bertz CT molecular complexity index is 1540. The molecule has 4 aromatic rings. The van der Waals surface area contributed by atoms with E-state index < -0.39 is 29.7 Å². The van der Waals surface area contributed by atoms with Gasteiger partial charge >= 0.3 is 12.2 Å². The molecule has 0 spiro atoms. The molecule has 12 heteroatoms. The first kappa shape index (κ1) is 26.5. The predicted molar refractivity (Wildman–Crippen MR) is 136 cm³/mol. The number of benzene rings is 1. The lowest BCUT2D eigenvalue weighted by atomic mass is 9.89. The lowest BCUT2D eigenvalue weighted by Gasteiger charge is -2.34. The second kappa shape index (κ2) is 10.6. The van der Waals surface area contributed by atoms with E-state index in [0.29, 0.717) is 42.6 Å². The van der Waals surface area contributed by atoms with Crippen LogP contribution in [0.4, 0.5) is 23.2 Å². The molecule has 0 atom stereocenters. The molecule has 5 rings (SSSR count). The lowest BCUT2D eigenvalue weighted by Crippen LogP contribution is -2.36. The Balaban J connectivity index is 1.55. The van der Waals surface area contributed by atoms with Crippen LogP contribution in [0, 0.1) is 12.7 Å². The predicted octanol–water partition coefficient (Wildman–Crippen LogP) is 4.88. The van der Waals surface area contributed by atoms with Crippen molar-refractivity contribution < 1.29 is 22.3 Å². The smallest absolute Gasteiger partial charge is 0.435 e. The van der Waals surface area contributed by atoms with Gasteiger partial charge in [-0.1, -0.05) is 12.1 Å². The van der Waals surface area contributed by atoms with Gasteiger partial charge < -0.3 is 9.64 Å². The fraction of sp³-hybridized carbons (Fsp3) is 0.370. The normalized spacial score (nSPS) is 14.7. The van der Waals surface area contributed by atoms with Crippen molar-refractivity contribution in [2.24, 2.45) is 0 Å². The Kier molecular flexibility index (Phi) is 7.19. The van der Waals surface area contributed by atoms with Crippen LogP contribution in [0.5, 0.6) is 6.01 Å². The molecule has 0 saturated carbocycles. The van der Waals surface area contributed by atoms with Crippen LogP contribution in [0.2, 0.25) is 0 Å². The van der Waals surface area contributed by atoms with Gasteiger partial charge in [-0.05, 0) is 50.3 Å². The molecule has 1 aliphatic heterocycles. The first-order valence-electron chi connectivity index (χ1n) is 12.6. The number of pyridine rings is 1. The number of fused-ring (bicyclic) bond motifs is 1. The van der Waals surface area contributed by atoms with Crippen LogP contribution < -0.4 is 15.2 Å². The molecule has 0 N–H and O–H groups in total. The van der Waals surface area contributed by atoms with Gasteiger partial charge in [-0.25, -0.2) is 14.4 Å². The Morgan fingerprint density at radius 3 is 2.54 bits per heavy atom. The summed E-state index contributed by atoms with van der Waals surface area (Å²) in [5, 5.41) is 0.484. The maximum absolute atomic E-state index is 14.5. The van der Waals surface area contributed by atoms with Crippen molar-refractivity contribution in [3.63, 3.8) is 0 Å². The highest BCUT2D eigenvalue weighted by Gasteiger charge is 2.36. The summed E-state index contributed by atoms with van der Waals surface area (Å²) in [4.78, 5) is 31.7. The van der Waals surface area contributed by atoms with E-state index in [0.717, 1.165) is 18.0 Å². The van der Waals surface area contributed by atoms with E-state index in [9.17, 15) is 22.4 Å². The fourth-order valence-corrected chi connectivity index (χ4v) is 5.11. The number of ether oxygens (including phenoxy) is 1. The zero-order chi connectivity index (χ0) is 27.7. The van der Waals surface area contributed by atoms with Crippen molar-refractivity contribution >= 4 is 16.7 Å². The molecule has 8 nitrogen and oxygen atoms in total. The number of piperidine rings is 1. The third-order valence-electron chi connectivity index (χ3n) is 6.90. The Labute approximate surface area is 221 Å². The molecule has 39 heavy (non-hydrogen) atoms. The van der Waals surface area contributed by atoms with E-state index in [-0.39, 0.29) is 30.0 Å². The highest BCUT2D eigenvalue weighted by molar-refractivity contribution is 5.75. The molecule has 1 aromatic carbocycles. The third-order valence-corrected chi connectivity index (χ3v) is 6.90. The quantitative estimate of drug-likeness (QED) is 0.321. The average molecular weight is 543 g/mol. The summed E-state index contributed by atoms with van der Waals surface area (Å²) in [5.74, 6) is -0.486. The Morgan fingerprint density at radius 1 is 1.10 bits per heavy atom. The van der Waals surface area contributed by atoms with Crippen molar-refractivity contribution in [2.45, 2.75) is 45.3 Å². The summed E-state index contributed by atoms with van der Waals surface area (Å²) in [6, 6.07) is 6.65. The maximum Gasteiger partial charge on any atom is 0.435 e. The summed E-state index contributed by atoms with van der Waals surface area (Å²) in [6.45, 7) is 4.43. The monoisotopic (exact) mass is 542 g/mol. The Morgan fingerprint density at radius 2 is 1.85 bits per heavy atom. The van der Waals surface area contributed by atoms with Gasteiger partial charge in [0.05, 0.1) is 24.5 Å². The fourth-order valence-electron chi connectivity index (χ4n) is 5.11. The molecule has 1 fully saturated rings. The molecule has 3 aromatic heterocycles. The Hall–Kier alpha value is -4.09. The van der Waals surface area contributed by atoms with Gasteiger partial charge in [0.1, 0.15) is 11.5 Å². The molecule has 0 amide bonds. The van der Waals surface area contributed by atoms with Crippen LogP contribution >= 0.6 is 0 Å². The van der Waals surface area contributed by atoms with Crippen molar-refractivity contribution in [1.82, 2.24) is 24.5 Å². The molecule has 4 heterocycles. The number of halogens is 4. The summed E-state index contributed by atoms with van der Waals surface area (Å²) in [6.07, 6.45) is -0.0147. The number of aromatic nitrogens is 5. The molecule has 204 valence electrons. The average Bonchev–Trinajstić information content (AvgIpc) is 2.90.